The highest BCUT2D eigenvalue weighted by Crippen LogP contribution is 2.27. The largest absolute Gasteiger partial charge is 0.488 e. The van der Waals surface area contributed by atoms with Crippen LogP contribution in [0.3, 0.4) is 0 Å². The van der Waals surface area contributed by atoms with Gasteiger partial charge in [0, 0.05) is 5.02 Å². The Morgan fingerprint density at radius 2 is 1.57 bits per heavy atom. The molecule has 0 saturated carbocycles. The molecule has 0 fully saturated rings. The lowest BCUT2D eigenvalue weighted by atomic mass is 10.1. The molecule has 0 unspecified atom stereocenters. The van der Waals surface area contributed by atoms with Crippen LogP contribution >= 0.6 is 11.6 Å². The normalized spacial score (nSPS) is 10.7. The molecule has 0 aliphatic carbocycles. The molecule has 2 aromatic rings. The fraction of sp³-hybridized carbons (Fsp3) is 0.333. The summed E-state index contributed by atoms with van der Waals surface area (Å²) in [4.78, 5) is 0. The Bertz CT molecular complexity index is 570. The maximum atomic E-state index is 6.04. The van der Waals surface area contributed by atoms with Crippen molar-refractivity contribution in [1.29, 1.82) is 0 Å². The summed E-state index contributed by atoms with van der Waals surface area (Å²) in [7, 11) is 1.97. The van der Waals surface area contributed by atoms with Crippen LogP contribution in [0.25, 0.3) is 0 Å². The van der Waals surface area contributed by atoms with Gasteiger partial charge in [-0.15, -0.1) is 0 Å². The summed E-state index contributed by atoms with van der Waals surface area (Å²) < 4.78 is 5.96. The molecule has 0 saturated heterocycles. The van der Waals surface area contributed by atoms with Crippen LogP contribution in [0.2, 0.25) is 5.02 Å². The van der Waals surface area contributed by atoms with Gasteiger partial charge in [-0.1, -0.05) is 35.9 Å². The molecule has 2 nitrogen and oxygen atoms in total. The van der Waals surface area contributed by atoms with Gasteiger partial charge in [-0.05, 0) is 68.2 Å². The maximum absolute atomic E-state index is 6.04. The molecular weight excluding hydrogens is 282 g/mol. The van der Waals surface area contributed by atoms with Crippen LogP contribution in [-0.2, 0) is 13.0 Å². The first-order chi connectivity index (χ1) is 10.1. The van der Waals surface area contributed by atoms with Gasteiger partial charge in [-0.25, -0.2) is 0 Å². The van der Waals surface area contributed by atoms with Gasteiger partial charge in [0.05, 0.1) is 0 Å². The summed E-state index contributed by atoms with van der Waals surface area (Å²) in [6.07, 6.45) is 1.05. The Balaban J connectivity index is 2.00. The smallest absolute Gasteiger partial charge is 0.125 e. The summed E-state index contributed by atoms with van der Waals surface area (Å²) in [5.41, 5.74) is 4.67. The number of benzene rings is 2. The molecular formula is C18H22ClNO. The number of rotatable bonds is 6. The molecule has 3 heteroatoms. The Hall–Kier alpha value is -1.51. The van der Waals surface area contributed by atoms with Crippen molar-refractivity contribution in [2.24, 2.45) is 0 Å². The van der Waals surface area contributed by atoms with Crippen molar-refractivity contribution in [3.8, 4) is 5.75 Å². The molecule has 0 aromatic heterocycles. The van der Waals surface area contributed by atoms with Crippen molar-refractivity contribution in [3.63, 3.8) is 0 Å². The van der Waals surface area contributed by atoms with Gasteiger partial charge in [-0.3, -0.25) is 0 Å². The van der Waals surface area contributed by atoms with E-state index < -0.39 is 0 Å². The molecule has 1 N–H and O–H groups in total. The van der Waals surface area contributed by atoms with Crippen molar-refractivity contribution >= 4 is 11.6 Å². The van der Waals surface area contributed by atoms with Gasteiger partial charge >= 0.3 is 0 Å². The predicted molar refractivity (Wildman–Crippen MR) is 89.3 cm³/mol. The van der Waals surface area contributed by atoms with Crippen molar-refractivity contribution in [1.82, 2.24) is 5.32 Å². The van der Waals surface area contributed by atoms with E-state index in [1.165, 1.54) is 11.1 Å². The highest BCUT2D eigenvalue weighted by Gasteiger charge is 2.06. The minimum atomic E-state index is 0.579. The van der Waals surface area contributed by atoms with Crippen molar-refractivity contribution in [2.45, 2.75) is 26.9 Å². The van der Waals surface area contributed by atoms with Crippen LogP contribution in [0.1, 0.15) is 22.3 Å². The molecule has 0 atom stereocenters. The standard InChI is InChI=1S/C18H22ClNO/c1-13-10-17(19)11-14(2)18(13)21-12-16-6-4-15(5-7-16)8-9-20-3/h4-7,10-11,20H,8-9,12H2,1-3H3. The van der Waals surface area contributed by atoms with Gasteiger partial charge < -0.3 is 10.1 Å². The zero-order chi connectivity index (χ0) is 15.2. The summed E-state index contributed by atoms with van der Waals surface area (Å²) in [6.45, 7) is 5.62. The number of halogens is 1. The number of ether oxygens (including phenoxy) is 1. The van der Waals surface area contributed by atoms with Crippen molar-refractivity contribution in [3.05, 3.63) is 63.7 Å². The Labute approximate surface area is 132 Å². The molecule has 0 spiro atoms. The SMILES string of the molecule is CNCCc1ccc(COc2c(C)cc(Cl)cc2C)cc1. The van der Waals surface area contributed by atoms with Gasteiger partial charge in [0.15, 0.2) is 0 Å². The molecule has 21 heavy (non-hydrogen) atoms. The lowest BCUT2D eigenvalue weighted by Gasteiger charge is -2.13. The van der Waals surface area contributed by atoms with Crippen LogP contribution in [0, 0.1) is 13.8 Å². The van der Waals surface area contributed by atoms with Crippen LogP contribution in [0.15, 0.2) is 36.4 Å². The zero-order valence-electron chi connectivity index (χ0n) is 12.9. The minimum absolute atomic E-state index is 0.579. The molecule has 2 rings (SSSR count). The lowest BCUT2D eigenvalue weighted by Crippen LogP contribution is -2.10. The molecule has 0 radical (unpaired) electrons. The Morgan fingerprint density at radius 1 is 1.00 bits per heavy atom. The number of hydrogen-bond acceptors (Lipinski definition) is 2. The first-order valence-electron chi connectivity index (χ1n) is 7.22. The summed E-state index contributed by atoms with van der Waals surface area (Å²) in [5, 5.41) is 3.91. The van der Waals surface area contributed by atoms with E-state index in [2.05, 4.69) is 29.6 Å². The molecule has 0 bridgehead atoms. The second-order valence-electron chi connectivity index (χ2n) is 5.33. The van der Waals surface area contributed by atoms with E-state index in [4.69, 9.17) is 16.3 Å². The van der Waals surface area contributed by atoms with Crippen LogP contribution in [0.5, 0.6) is 5.75 Å². The Kier molecular flexibility index (Phi) is 5.66. The highest BCUT2D eigenvalue weighted by atomic mass is 35.5. The molecule has 112 valence electrons. The first kappa shape index (κ1) is 15.9. The number of nitrogens with one attached hydrogen (secondary N) is 1. The van der Waals surface area contributed by atoms with E-state index in [1.807, 2.05) is 33.0 Å². The van der Waals surface area contributed by atoms with Gasteiger partial charge in [0.2, 0.25) is 0 Å². The van der Waals surface area contributed by atoms with Crippen LogP contribution in [-0.4, -0.2) is 13.6 Å². The highest BCUT2D eigenvalue weighted by molar-refractivity contribution is 6.30. The summed E-state index contributed by atoms with van der Waals surface area (Å²) in [6, 6.07) is 12.5. The average Bonchev–Trinajstić information content (AvgIpc) is 2.45. The molecule has 2 aromatic carbocycles. The van der Waals surface area contributed by atoms with E-state index in [0.29, 0.717) is 6.61 Å². The van der Waals surface area contributed by atoms with E-state index in [-0.39, 0.29) is 0 Å². The first-order valence-corrected chi connectivity index (χ1v) is 7.60. The average molecular weight is 304 g/mol. The predicted octanol–water partition coefficient (Wildman–Crippen LogP) is 4.30. The second kappa shape index (κ2) is 7.48. The number of likely N-dealkylation sites (N-methyl/N-ethyl adjacent to an activating group) is 1. The zero-order valence-corrected chi connectivity index (χ0v) is 13.6. The van der Waals surface area contributed by atoms with Crippen molar-refractivity contribution < 1.29 is 4.74 Å². The molecule has 0 aliphatic heterocycles. The maximum Gasteiger partial charge on any atom is 0.125 e. The van der Waals surface area contributed by atoms with Gasteiger partial charge in [0.1, 0.15) is 12.4 Å². The molecule has 0 heterocycles. The molecule has 0 amide bonds. The van der Waals surface area contributed by atoms with Crippen molar-refractivity contribution in [2.75, 3.05) is 13.6 Å². The fourth-order valence-corrected chi connectivity index (χ4v) is 2.68. The topological polar surface area (TPSA) is 21.3 Å². The number of aryl methyl sites for hydroxylation is 2. The third-order valence-electron chi connectivity index (χ3n) is 3.49. The quantitative estimate of drug-likeness (QED) is 0.859. The van der Waals surface area contributed by atoms with E-state index in [0.717, 1.165) is 34.9 Å². The third-order valence-corrected chi connectivity index (χ3v) is 3.71. The van der Waals surface area contributed by atoms with Gasteiger partial charge in [0.25, 0.3) is 0 Å². The van der Waals surface area contributed by atoms with E-state index in [1.54, 1.807) is 0 Å². The summed E-state index contributed by atoms with van der Waals surface area (Å²) >= 11 is 6.04. The van der Waals surface area contributed by atoms with E-state index in [9.17, 15) is 0 Å². The Morgan fingerprint density at radius 3 is 2.14 bits per heavy atom. The van der Waals surface area contributed by atoms with Crippen LogP contribution < -0.4 is 10.1 Å². The van der Waals surface area contributed by atoms with Gasteiger partial charge in [-0.2, -0.15) is 0 Å². The van der Waals surface area contributed by atoms with Crippen LogP contribution in [0.4, 0.5) is 0 Å². The minimum Gasteiger partial charge on any atom is -0.488 e. The monoisotopic (exact) mass is 303 g/mol. The molecule has 0 aliphatic rings. The number of hydrogen-bond donors (Lipinski definition) is 1. The second-order valence-corrected chi connectivity index (χ2v) is 5.76. The third kappa shape index (κ3) is 4.48. The summed E-state index contributed by atoms with van der Waals surface area (Å²) in [5.74, 6) is 0.929. The van der Waals surface area contributed by atoms with E-state index >= 15 is 0 Å². The lowest BCUT2D eigenvalue weighted by molar-refractivity contribution is 0.302. The fourth-order valence-electron chi connectivity index (χ4n) is 2.35.